The van der Waals surface area contributed by atoms with E-state index in [1.54, 1.807) is 29.7 Å². The number of rotatable bonds is 6. The minimum absolute atomic E-state index is 0.0938. The van der Waals surface area contributed by atoms with E-state index in [1.165, 1.54) is 4.88 Å². The average Bonchev–Trinajstić information content (AvgIpc) is 3.07. The van der Waals surface area contributed by atoms with Gasteiger partial charge in [-0.05, 0) is 30.5 Å². The van der Waals surface area contributed by atoms with Gasteiger partial charge < -0.3 is 10.3 Å². The number of nitrogens with zero attached hydrogens (tertiary/aromatic N) is 1. The van der Waals surface area contributed by atoms with Gasteiger partial charge in [0, 0.05) is 28.7 Å². The Kier molecular flexibility index (Phi) is 8.55. The molecule has 0 fully saturated rings. The van der Waals surface area contributed by atoms with Gasteiger partial charge in [-0.15, -0.1) is 11.3 Å². The van der Waals surface area contributed by atoms with E-state index in [2.05, 4.69) is 24.1 Å². The number of H-pyrrole nitrogens is 1. The Morgan fingerprint density at radius 1 is 1.18 bits per heavy atom. The van der Waals surface area contributed by atoms with E-state index in [1.807, 2.05) is 32.0 Å². The molecule has 0 amide bonds. The van der Waals surface area contributed by atoms with Crippen LogP contribution >= 0.6 is 34.5 Å². The zero-order valence-electron chi connectivity index (χ0n) is 16.5. The van der Waals surface area contributed by atoms with E-state index < -0.39 is 0 Å². The molecule has 0 unspecified atom stereocenters. The average molecular weight is 438 g/mol. The predicted molar refractivity (Wildman–Crippen MR) is 122 cm³/mol. The molecule has 3 aromatic rings. The van der Waals surface area contributed by atoms with Crippen molar-refractivity contribution in [2.24, 2.45) is 5.92 Å². The number of halogens is 2. The van der Waals surface area contributed by atoms with Gasteiger partial charge >= 0.3 is 0 Å². The van der Waals surface area contributed by atoms with Crippen molar-refractivity contribution in [2.75, 3.05) is 5.32 Å². The van der Waals surface area contributed by atoms with Crippen molar-refractivity contribution in [3.8, 4) is 11.3 Å². The summed E-state index contributed by atoms with van der Waals surface area (Å²) in [5.41, 5.74) is 2.43. The molecule has 0 spiro atoms. The van der Waals surface area contributed by atoms with Crippen LogP contribution in [0.1, 0.15) is 38.1 Å². The van der Waals surface area contributed by atoms with Crippen LogP contribution < -0.4 is 10.9 Å². The molecule has 1 aromatic carbocycles. The lowest BCUT2D eigenvalue weighted by Crippen LogP contribution is -2.14. The number of nitrogens with one attached hydrogen (secondary N) is 2. The number of pyridine rings is 1. The maximum Gasteiger partial charge on any atom is 0.252 e. The molecule has 28 heavy (non-hydrogen) atoms. The number of hydrogen-bond donors (Lipinski definition) is 2. The summed E-state index contributed by atoms with van der Waals surface area (Å²) in [6.07, 6.45) is 2.54. The van der Waals surface area contributed by atoms with Crippen LogP contribution in [-0.4, -0.2) is 9.97 Å². The zero-order chi connectivity index (χ0) is 20.7. The van der Waals surface area contributed by atoms with E-state index in [0.717, 1.165) is 22.8 Å². The lowest BCUT2D eigenvalue weighted by Gasteiger charge is -2.06. The summed E-state index contributed by atoms with van der Waals surface area (Å²) in [6, 6.07) is 9.17. The fraction of sp³-hybridized carbons (Fsp3) is 0.333. The topological polar surface area (TPSA) is 57.8 Å². The molecule has 2 N–H and O–H groups in total. The molecular weight excluding hydrogens is 413 g/mol. The first-order valence-corrected chi connectivity index (χ1v) is 10.9. The van der Waals surface area contributed by atoms with Gasteiger partial charge in [0.25, 0.3) is 5.56 Å². The summed E-state index contributed by atoms with van der Waals surface area (Å²) in [5.74, 6) is 0.502. The number of anilines is 1. The van der Waals surface area contributed by atoms with Crippen LogP contribution in [0.5, 0.6) is 0 Å². The van der Waals surface area contributed by atoms with Crippen LogP contribution in [0.15, 0.2) is 41.3 Å². The van der Waals surface area contributed by atoms with Crippen molar-refractivity contribution >= 4 is 39.7 Å². The molecule has 0 radical (unpaired) electrons. The predicted octanol–water partition coefficient (Wildman–Crippen LogP) is 6.64. The number of aromatic nitrogens is 2. The quantitative estimate of drug-likeness (QED) is 0.453. The molecular formula is C21H25Cl2N3OS. The first kappa shape index (κ1) is 22.5. The summed E-state index contributed by atoms with van der Waals surface area (Å²) >= 11 is 13.8. The van der Waals surface area contributed by atoms with E-state index in [-0.39, 0.29) is 5.56 Å². The van der Waals surface area contributed by atoms with Crippen molar-refractivity contribution in [3.05, 3.63) is 67.4 Å². The van der Waals surface area contributed by atoms with Crippen molar-refractivity contribution in [1.82, 2.24) is 9.97 Å². The molecule has 0 atom stereocenters. The molecule has 0 aliphatic rings. The number of benzene rings is 1. The third kappa shape index (κ3) is 5.84. The van der Waals surface area contributed by atoms with Gasteiger partial charge in [0.1, 0.15) is 0 Å². The SMILES string of the molecule is CC.CC(C)Cc1sc(NCc2ccc[nH]c2=O)nc1-c1ccc(Cl)c(Cl)c1. The van der Waals surface area contributed by atoms with Gasteiger partial charge in [-0.25, -0.2) is 4.98 Å². The Morgan fingerprint density at radius 3 is 2.57 bits per heavy atom. The van der Waals surface area contributed by atoms with Crippen molar-refractivity contribution in [1.29, 1.82) is 0 Å². The Hall–Kier alpha value is -1.82. The first-order chi connectivity index (χ1) is 13.4. The second-order valence-corrected chi connectivity index (χ2v) is 8.29. The summed E-state index contributed by atoms with van der Waals surface area (Å²) in [4.78, 5) is 20.4. The Bertz CT molecular complexity index is 966. The van der Waals surface area contributed by atoms with Gasteiger partial charge in [0.05, 0.1) is 15.7 Å². The maximum absolute atomic E-state index is 11.8. The van der Waals surface area contributed by atoms with E-state index in [9.17, 15) is 4.79 Å². The Labute approximate surface area is 180 Å². The van der Waals surface area contributed by atoms with Gasteiger partial charge in [-0.1, -0.05) is 63.0 Å². The maximum atomic E-state index is 11.8. The lowest BCUT2D eigenvalue weighted by molar-refractivity contribution is 0.654. The van der Waals surface area contributed by atoms with Crippen LogP contribution in [0.3, 0.4) is 0 Å². The smallest absolute Gasteiger partial charge is 0.252 e. The van der Waals surface area contributed by atoms with Crippen LogP contribution in [0.25, 0.3) is 11.3 Å². The van der Waals surface area contributed by atoms with Crippen LogP contribution in [0.2, 0.25) is 10.0 Å². The van der Waals surface area contributed by atoms with Crippen LogP contribution in [-0.2, 0) is 13.0 Å². The largest absolute Gasteiger partial charge is 0.357 e. The van der Waals surface area contributed by atoms with Crippen molar-refractivity contribution in [3.63, 3.8) is 0 Å². The van der Waals surface area contributed by atoms with Gasteiger partial charge in [0.15, 0.2) is 5.13 Å². The number of hydrogen-bond acceptors (Lipinski definition) is 4. The van der Waals surface area contributed by atoms with Crippen LogP contribution in [0.4, 0.5) is 5.13 Å². The monoisotopic (exact) mass is 437 g/mol. The lowest BCUT2D eigenvalue weighted by atomic mass is 10.0. The minimum atomic E-state index is -0.0938. The molecule has 4 nitrogen and oxygen atoms in total. The standard InChI is InChI=1S/C19H19Cl2N3OS.C2H6/c1-11(2)8-16-17(12-5-6-14(20)15(21)9-12)24-19(26-16)23-10-13-4-3-7-22-18(13)25;1-2/h3-7,9,11H,8,10H2,1-2H3,(H,22,25)(H,23,24);1-2H3. The highest BCUT2D eigenvalue weighted by atomic mass is 35.5. The Balaban J connectivity index is 0.00000136. The summed E-state index contributed by atoms with van der Waals surface area (Å²) in [5, 5.41) is 5.08. The molecule has 2 heterocycles. The van der Waals surface area contributed by atoms with Crippen molar-refractivity contribution < 1.29 is 0 Å². The molecule has 0 aliphatic heterocycles. The second kappa shape index (κ2) is 10.6. The highest BCUT2D eigenvalue weighted by Gasteiger charge is 2.15. The third-order valence-electron chi connectivity index (χ3n) is 3.81. The third-order valence-corrected chi connectivity index (χ3v) is 5.59. The number of aromatic amines is 1. The highest BCUT2D eigenvalue weighted by molar-refractivity contribution is 7.16. The van der Waals surface area contributed by atoms with E-state index >= 15 is 0 Å². The fourth-order valence-corrected chi connectivity index (χ4v) is 4.06. The molecule has 0 saturated carbocycles. The Morgan fingerprint density at radius 2 is 1.93 bits per heavy atom. The van der Waals surface area contributed by atoms with Crippen molar-refractivity contribution in [2.45, 2.75) is 40.7 Å². The minimum Gasteiger partial charge on any atom is -0.357 e. The summed E-state index contributed by atoms with van der Waals surface area (Å²) < 4.78 is 0. The molecule has 3 rings (SSSR count). The van der Waals surface area contributed by atoms with Gasteiger partial charge in [0.2, 0.25) is 0 Å². The van der Waals surface area contributed by atoms with E-state index in [0.29, 0.717) is 28.1 Å². The molecule has 0 saturated heterocycles. The first-order valence-electron chi connectivity index (χ1n) is 9.29. The molecule has 150 valence electrons. The fourth-order valence-electron chi connectivity index (χ4n) is 2.57. The summed E-state index contributed by atoms with van der Waals surface area (Å²) in [7, 11) is 0. The van der Waals surface area contributed by atoms with E-state index in [4.69, 9.17) is 28.2 Å². The zero-order valence-corrected chi connectivity index (χ0v) is 18.8. The molecule has 0 aliphatic carbocycles. The molecule has 0 bridgehead atoms. The van der Waals surface area contributed by atoms with Gasteiger partial charge in [-0.2, -0.15) is 0 Å². The molecule has 2 aromatic heterocycles. The number of thiazole rings is 1. The van der Waals surface area contributed by atoms with Gasteiger partial charge in [-0.3, -0.25) is 4.79 Å². The normalized spacial score (nSPS) is 10.5. The second-order valence-electron chi connectivity index (χ2n) is 6.40. The highest BCUT2D eigenvalue weighted by Crippen LogP contribution is 2.35. The summed E-state index contributed by atoms with van der Waals surface area (Å²) in [6.45, 7) is 8.77. The van der Waals surface area contributed by atoms with Crippen LogP contribution in [0, 0.1) is 5.92 Å². The molecule has 7 heteroatoms.